The fourth-order valence-corrected chi connectivity index (χ4v) is 2.98. The molecule has 0 fully saturated rings. The van der Waals surface area contributed by atoms with Crippen LogP contribution in [-0.4, -0.2) is 13.7 Å². The monoisotopic (exact) mass is 261 g/mol. The van der Waals surface area contributed by atoms with Crippen LogP contribution < -0.4 is 10.1 Å². The van der Waals surface area contributed by atoms with Crippen molar-refractivity contribution in [1.29, 1.82) is 0 Å². The Kier molecular flexibility index (Phi) is 5.26. The normalized spacial score (nSPS) is 18.4. The van der Waals surface area contributed by atoms with E-state index in [4.69, 9.17) is 4.74 Å². The zero-order valence-electron chi connectivity index (χ0n) is 12.5. The third kappa shape index (κ3) is 3.30. The molecule has 2 rings (SSSR count). The number of nitrogens with one attached hydrogen (secondary N) is 1. The summed E-state index contributed by atoms with van der Waals surface area (Å²) in [6, 6.07) is 7.02. The quantitative estimate of drug-likeness (QED) is 0.832. The molecule has 1 unspecified atom stereocenters. The molecule has 0 radical (unpaired) electrons. The highest BCUT2D eigenvalue weighted by molar-refractivity contribution is 5.43. The molecule has 0 aromatic heterocycles. The van der Waals surface area contributed by atoms with E-state index in [1.165, 1.54) is 36.8 Å². The predicted octanol–water partition coefficient (Wildman–Crippen LogP) is 4.10. The molecule has 0 amide bonds. The van der Waals surface area contributed by atoms with Crippen LogP contribution >= 0.6 is 0 Å². The summed E-state index contributed by atoms with van der Waals surface area (Å²) in [6.07, 6.45) is 6.05. The van der Waals surface area contributed by atoms with Crippen LogP contribution in [0, 0.1) is 5.92 Å². The molecule has 0 heterocycles. The molecule has 1 aromatic rings. The van der Waals surface area contributed by atoms with Crippen molar-refractivity contribution in [3.63, 3.8) is 0 Å². The van der Waals surface area contributed by atoms with E-state index in [2.05, 4.69) is 44.4 Å². The first kappa shape index (κ1) is 14.4. The fourth-order valence-electron chi connectivity index (χ4n) is 2.98. The fraction of sp³-hybridized carbons (Fsp3) is 0.647. The van der Waals surface area contributed by atoms with Gasteiger partial charge < -0.3 is 10.1 Å². The summed E-state index contributed by atoms with van der Waals surface area (Å²) >= 11 is 0. The molecular weight excluding hydrogens is 234 g/mol. The minimum absolute atomic E-state index is 0.500. The second kappa shape index (κ2) is 6.95. The number of fused-ring (bicyclic) bond motifs is 1. The van der Waals surface area contributed by atoms with Crippen molar-refractivity contribution in [2.45, 2.75) is 52.0 Å². The van der Waals surface area contributed by atoms with Crippen molar-refractivity contribution in [2.75, 3.05) is 13.7 Å². The van der Waals surface area contributed by atoms with E-state index in [1.807, 2.05) is 0 Å². The van der Waals surface area contributed by atoms with Gasteiger partial charge >= 0.3 is 0 Å². The predicted molar refractivity (Wildman–Crippen MR) is 80.7 cm³/mol. The van der Waals surface area contributed by atoms with Crippen molar-refractivity contribution in [3.05, 3.63) is 29.3 Å². The molecule has 1 aliphatic carbocycles. The summed E-state index contributed by atoms with van der Waals surface area (Å²) in [5.41, 5.74) is 2.87. The standard InChI is InChI=1S/C17H27NO/c1-4-13(5-2)12-19-17-11-7-8-14-15(17)9-6-10-16(14)18-3/h7-8,11,13,16,18H,4-6,9-10,12H2,1-3H3. The van der Waals surface area contributed by atoms with E-state index in [0.717, 1.165) is 18.8 Å². The Hall–Kier alpha value is -1.02. The van der Waals surface area contributed by atoms with E-state index < -0.39 is 0 Å². The van der Waals surface area contributed by atoms with Crippen molar-refractivity contribution in [1.82, 2.24) is 5.32 Å². The molecule has 1 aliphatic rings. The molecule has 0 spiro atoms. The van der Waals surface area contributed by atoms with Crippen molar-refractivity contribution < 1.29 is 4.74 Å². The number of rotatable bonds is 6. The SMILES string of the molecule is CCC(CC)COc1cccc2c1CCCC2NC. The first-order valence-corrected chi connectivity index (χ1v) is 7.71. The van der Waals surface area contributed by atoms with Crippen LogP contribution in [-0.2, 0) is 6.42 Å². The van der Waals surface area contributed by atoms with Gasteiger partial charge in [0.15, 0.2) is 0 Å². The highest BCUT2D eigenvalue weighted by Gasteiger charge is 2.21. The molecule has 1 aromatic carbocycles. The average Bonchev–Trinajstić information content (AvgIpc) is 2.47. The van der Waals surface area contributed by atoms with Crippen molar-refractivity contribution >= 4 is 0 Å². The zero-order chi connectivity index (χ0) is 13.7. The second-order valence-corrected chi connectivity index (χ2v) is 5.55. The molecule has 2 nitrogen and oxygen atoms in total. The van der Waals surface area contributed by atoms with Crippen molar-refractivity contribution in [3.8, 4) is 5.75 Å². The number of hydrogen-bond donors (Lipinski definition) is 1. The van der Waals surface area contributed by atoms with Gasteiger partial charge in [-0.25, -0.2) is 0 Å². The van der Waals surface area contributed by atoms with Crippen LogP contribution in [0.15, 0.2) is 18.2 Å². The summed E-state index contributed by atoms with van der Waals surface area (Å²) in [5.74, 6) is 1.80. The summed E-state index contributed by atoms with van der Waals surface area (Å²) in [5, 5.41) is 3.42. The lowest BCUT2D eigenvalue weighted by atomic mass is 9.87. The minimum Gasteiger partial charge on any atom is -0.493 e. The van der Waals surface area contributed by atoms with Gasteiger partial charge in [0.2, 0.25) is 0 Å². The topological polar surface area (TPSA) is 21.3 Å². The van der Waals surface area contributed by atoms with Gasteiger partial charge in [0.1, 0.15) is 5.75 Å². The molecule has 0 saturated carbocycles. The zero-order valence-corrected chi connectivity index (χ0v) is 12.5. The molecule has 106 valence electrons. The Balaban J connectivity index is 2.13. The van der Waals surface area contributed by atoms with E-state index in [1.54, 1.807) is 0 Å². The maximum Gasteiger partial charge on any atom is 0.122 e. The van der Waals surface area contributed by atoms with Gasteiger partial charge in [0, 0.05) is 6.04 Å². The third-order valence-corrected chi connectivity index (χ3v) is 4.44. The maximum atomic E-state index is 6.11. The summed E-state index contributed by atoms with van der Waals surface area (Å²) < 4.78 is 6.11. The van der Waals surface area contributed by atoms with Gasteiger partial charge in [-0.15, -0.1) is 0 Å². The molecule has 0 saturated heterocycles. The van der Waals surface area contributed by atoms with E-state index in [9.17, 15) is 0 Å². The molecule has 1 atom stereocenters. The summed E-state index contributed by atoms with van der Waals surface area (Å²) in [6.45, 7) is 5.34. The van der Waals surface area contributed by atoms with Gasteiger partial charge in [-0.3, -0.25) is 0 Å². The Morgan fingerprint density at radius 3 is 2.79 bits per heavy atom. The summed E-state index contributed by atoms with van der Waals surface area (Å²) in [4.78, 5) is 0. The molecular formula is C17H27NO. The lowest BCUT2D eigenvalue weighted by Crippen LogP contribution is -2.22. The minimum atomic E-state index is 0.500. The first-order chi connectivity index (χ1) is 9.30. The van der Waals surface area contributed by atoms with Crippen molar-refractivity contribution in [2.24, 2.45) is 5.92 Å². The smallest absolute Gasteiger partial charge is 0.122 e. The van der Waals surface area contributed by atoms with Gasteiger partial charge in [0.25, 0.3) is 0 Å². The average molecular weight is 261 g/mol. The molecule has 0 bridgehead atoms. The highest BCUT2D eigenvalue weighted by Crippen LogP contribution is 2.35. The third-order valence-electron chi connectivity index (χ3n) is 4.44. The number of benzene rings is 1. The summed E-state index contributed by atoms with van der Waals surface area (Å²) in [7, 11) is 2.05. The molecule has 0 aliphatic heterocycles. The van der Waals surface area contributed by atoms with E-state index in [-0.39, 0.29) is 0 Å². The van der Waals surface area contributed by atoms with Gasteiger partial charge in [-0.2, -0.15) is 0 Å². The van der Waals surface area contributed by atoms with Crippen LogP contribution in [0.5, 0.6) is 5.75 Å². The van der Waals surface area contributed by atoms with Gasteiger partial charge in [-0.05, 0) is 49.4 Å². The Labute approximate surface area is 117 Å². The molecule has 2 heteroatoms. The Morgan fingerprint density at radius 2 is 2.11 bits per heavy atom. The Bertz CT molecular complexity index is 398. The van der Waals surface area contributed by atoms with Crippen LogP contribution in [0.1, 0.15) is 56.7 Å². The van der Waals surface area contributed by atoms with E-state index in [0.29, 0.717) is 12.0 Å². The van der Waals surface area contributed by atoms with Crippen LogP contribution in [0.25, 0.3) is 0 Å². The Morgan fingerprint density at radius 1 is 1.32 bits per heavy atom. The largest absolute Gasteiger partial charge is 0.493 e. The molecule has 19 heavy (non-hydrogen) atoms. The van der Waals surface area contributed by atoms with Crippen LogP contribution in [0.2, 0.25) is 0 Å². The highest BCUT2D eigenvalue weighted by atomic mass is 16.5. The number of ether oxygens (including phenoxy) is 1. The lowest BCUT2D eigenvalue weighted by molar-refractivity contribution is 0.237. The first-order valence-electron chi connectivity index (χ1n) is 7.71. The van der Waals surface area contributed by atoms with Gasteiger partial charge in [0.05, 0.1) is 6.61 Å². The molecule has 1 N–H and O–H groups in total. The second-order valence-electron chi connectivity index (χ2n) is 5.55. The van der Waals surface area contributed by atoms with Crippen LogP contribution in [0.3, 0.4) is 0 Å². The van der Waals surface area contributed by atoms with Gasteiger partial charge in [-0.1, -0.05) is 38.8 Å². The lowest BCUT2D eigenvalue weighted by Gasteiger charge is -2.27. The van der Waals surface area contributed by atoms with E-state index >= 15 is 0 Å². The number of hydrogen-bond acceptors (Lipinski definition) is 2. The van der Waals surface area contributed by atoms with Crippen LogP contribution in [0.4, 0.5) is 0 Å². The maximum absolute atomic E-state index is 6.11.